The van der Waals surface area contributed by atoms with Crippen molar-refractivity contribution >= 4 is 23.1 Å². The van der Waals surface area contributed by atoms with Crippen molar-refractivity contribution in [2.24, 2.45) is 5.41 Å². The smallest absolute Gasteiger partial charge is 0.410 e. The number of likely N-dealkylation sites (tertiary alicyclic amines) is 2. The Balaban J connectivity index is 1.13. The van der Waals surface area contributed by atoms with Gasteiger partial charge in [0.25, 0.3) is 0 Å². The van der Waals surface area contributed by atoms with Crippen LogP contribution in [0.2, 0.25) is 0 Å². The van der Waals surface area contributed by atoms with E-state index in [-0.39, 0.29) is 11.5 Å². The van der Waals surface area contributed by atoms with Gasteiger partial charge >= 0.3 is 6.09 Å². The number of pyridine rings is 2. The number of rotatable bonds is 5. The van der Waals surface area contributed by atoms with Gasteiger partial charge in [-0.3, -0.25) is 9.47 Å². The predicted molar refractivity (Wildman–Crippen MR) is 177 cm³/mol. The van der Waals surface area contributed by atoms with Crippen molar-refractivity contribution in [2.75, 3.05) is 31.9 Å². The van der Waals surface area contributed by atoms with Crippen LogP contribution in [-0.4, -0.2) is 67.2 Å². The van der Waals surface area contributed by atoms with E-state index < -0.39 is 5.60 Å². The van der Waals surface area contributed by atoms with Crippen molar-refractivity contribution in [3.63, 3.8) is 0 Å². The Morgan fingerprint density at radius 1 is 0.933 bits per heavy atom. The standard InChI is InChI=1S/C36H39N7O2/c1-35(2,3)45-34(44)42-20-8-18-36(24-42)22-41(23-36)21-25-12-14-27(15-13-25)43-32(28-11-7-19-38-31(28)37)40-30-17-16-29(39-33(30)43)26-9-5-4-6-10-26/h4-7,9-17,19H,8,18,20-24H2,1-3H3,(H2,37,38). The highest BCUT2D eigenvalue weighted by atomic mass is 16.6. The molecule has 7 rings (SSSR count). The van der Waals surface area contributed by atoms with Crippen LogP contribution in [0.3, 0.4) is 0 Å². The molecule has 5 aromatic rings. The number of nitrogen functional groups attached to an aromatic ring is 1. The van der Waals surface area contributed by atoms with E-state index in [9.17, 15) is 4.79 Å². The van der Waals surface area contributed by atoms with Gasteiger partial charge in [0.05, 0.1) is 11.3 Å². The van der Waals surface area contributed by atoms with Gasteiger partial charge in [0.1, 0.15) is 16.9 Å². The molecule has 230 valence electrons. The van der Waals surface area contributed by atoms with E-state index in [0.717, 1.165) is 79.2 Å². The van der Waals surface area contributed by atoms with Crippen molar-refractivity contribution in [3.8, 4) is 28.3 Å². The number of ether oxygens (including phenoxy) is 1. The van der Waals surface area contributed by atoms with Crippen LogP contribution >= 0.6 is 0 Å². The number of piperidine rings is 1. The molecule has 2 aliphatic rings. The number of imidazole rings is 1. The second-order valence-corrected chi connectivity index (χ2v) is 13.4. The van der Waals surface area contributed by atoms with Crippen LogP contribution in [0.4, 0.5) is 10.6 Å². The summed E-state index contributed by atoms with van der Waals surface area (Å²) in [4.78, 5) is 31.5. The molecule has 0 unspecified atom stereocenters. The molecule has 5 heterocycles. The molecule has 45 heavy (non-hydrogen) atoms. The number of fused-ring (bicyclic) bond motifs is 1. The zero-order chi connectivity index (χ0) is 31.2. The highest BCUT2D eigenvalue weighted by molar-refractivity contribution is 5.84. The van der Waals surface area contributed by atoms with Crippen molar-refractivity contribution in [1.82, 2.24) is 29.3 Å². The van der Waals surface area contributed by atoms with Crippen LogP contribution in [0.25, 0.3) is 39.5 Å². The number of nitrogens with zero attached hydrogens (tertiary/aromatic N) is 6. The number of aromatic nitrogens is 4. The van der Waals surface area contributed by atoms with Gasteiger partial charge in [0.2, 0.25) is 0 Å². The van der Waals surface area contributed by atoms with Crippen molar-refractivity contribution in [2.45, 2.75) is 45.8 Å². The third-order valence-electron chi connectivity index (χ3n) is 8.69. The van der Waals surface area contributed by atoms with Gasteiger partial charge in [0, 0.05) is 55.6 Å². The fraction of sp³-hybridized carbons (Fsp3) is 0.333. The second kappa shape index (κ2) is 11.3. The molecule has 9 heteroatoms. The first-order chi connectivity index (χ1) is 21.7. The lowest BCUT2D eigenvalue weighted by Crippen LogP contribution is -2.63. The van der Waals surface area contributed by atoms with Gasteiger partial charge in [-0.1, -0.05) is 42.5 Å². The molecule has 1 spiro atoms. The third kappa shape index (κ3) is 5.88. The summed E-state index contributed by atoms with van der Waals surface area (Å²) >= 11 is 0. The highest BCUT2D eigenvalue weighted by Gasteiger charge is 2.46. The summed E-state index contributed by atoms with van der Waals surface area (Å²) in [6.07, 6.45) is 3.66. The van der Waals surface area contributed by atoms with Crippen molar-refractivity contribution < 1.29 is 9.53 Å². The summed E-state index contributed by atoms with van der Waals surface area (Å²) in [5, 5.41) is 0. The molecule has 2 N–H and O–H groups in total. The molecule has 2 fully saturated rings. The summed E-state index contributed by atoms with van der Waals surface area (Å²) in [5.41, 5.74) is 12.4. The van der Waals surface area contributed by atoms with Crippen molar-refractivity contribution in [3.05, 3.63) is 90.6 Å². The lowest BCUT2D eigenvalue weighted by molar-refractivity contribution is -0.0634. The first-order valence-corrected chi connectivity index (χ1v) is 15.6. The number of amides is 1. The molecule has 2 aromatic carbocycles. The Kier molecular flexibility index (Phi) is 7.28. The molecule has 0 bridgehead atoms. The maximum absolute atomic E-state index is 12.7. The van der Waals surface area contributed by atoms with E-state index in [0.29, 0.717) is 11.6 Å². The van der Waals surface area contributed by atoms with Crippen LogP contribution in [0.15, 0.2) is 85.1 Å². The highest BCUT2D eigenvalue weighted by Crippen LogP contribution is 2.40. The van der Waals surface area contributed by atoms with Crippen LogP contribution in [0.5, 0.6) is 0 Å². The maximum atomic E-state index is 12.7. The summed E-state index contributed by atoms with van der Waals surface area (Å²) in [6.45, 7) is 10.1. The van der Waals surface area contributed by atoms with E-state index in [1.165, 1.54) is 5.56 Å². The first-order valence-electron chi connectivity index (χ1n) is 15.6. The molecular weight excluding hydrogens is 562 g/mol. The molecular formula is C36H39N7O2. The largest absolute Gasteiger partial charge is 0.444 e. The normalized spacial score (nSPS) is 16.6. The van der Waals surface area contributed by atoms with Gasteiger partial charge in [-0.15, -0.1) is 0 Å². The summed E-state index contributed by atoms with van der Waals surface area (Å²) in [6, 6.07) is 26.6. The van der Waals surface area contributed by atoms with E-state index in [2.05, 4.69) is 50.8 Å². The Hall–Kier alpha value is -4.76. The predicted octanol–water partition coefficient (Wildman–Crippen LogP) is 6.56. The average Bonchev–Trinajstić information content (AvgIpc) is 3.39. The zero-order valence-corrected chi connectivity index (χ0v) is 26.1. The number of anilines is 1. The lowest BCUT2D eigenvalue weighted by atomic mass is 9.73. The van der Waals surface area contributed by atoms with Crippen LogP contribution in [-0.2, 0) is 11.3 Å². The molecule has 0 saturated carbocycles. The second-order valence-electron chi connectivity index (χ2n) is 13.4. The van der Waals surface area contributed by atoms with E-state index >= 15 is 0 Å². The molecule has 0 aliphatic carbocycles. The van der Waals surface area contributed by atoms with Gasteiger partial charge < -0.3 is 15.4 Å². The average molecular weight is 602 g/mol. The van der Waals surface area contributed by atoms with Crippen molar-refractivity contribution in [1.29, 1.82) is 0 Å². The molecule has 3 aromatic heterocycles. The number of hydrogen-bond donors (Lipinski definition) is 1. The fourth-order valence-corrected chi connectivity index (χ4v) is 6.73. The Morgan fingerprint density at radius 2 is 1.71 bits per heavy atom. The zero-order valence-electron chi connectivity index (χ0n) is 26.1. The van der Waals surface area contributed by atoms with Gasteiger partial charge in [-0.25, -0.2) is 19.7 Å². The number of nitrogens with two attached hydrogens (primary N) is 1. The number of carbonyl (C=O) groups excluding carboxylic acids is 1. The van der Waals surface area contributed by atoms with Crippen LogP contribution in [0.1, 0.15) is 39.2 Å². The maximum Gasteiger partial charge on any atom is 0.410 e. The van der Waals surface area contributed by atoms with E-state index in [4.69, 9.17) is 20.4 Å². The van der Waals surface area contributed by atoms with E-state index in [1.54, 1.807) is 6.20 Å². The molecule has 2 aliphatic heterocycles. The monoisotopic (exact) mass is 601 g/mol. The van der Waals surface area contributed by atoms with Crippen LogP contribution in [0, 0.1) is 5.41 Å². The third-order valence-corrected chi connectivity index (χ3v) is 8.69. The SMILES string of the molecule is CC(C)(C)OC(=O)N1CCCC2(CN(Cc3ccc(-n4c(-c5cccnc5N)nc5ccc(-c6ccccc6)nc54)cc3)C2)C1. The van der Waals surface area contributed by atoms with Crippen LogP contribution < -0.4 is 5.73 Å². The molecule has 9 nitrogen and oxygen atoms in total. The van der Waals surface area contributed by atoms with Gasteiger partial charge in [-0.05, 0) is 75.6 Å². The molecule has 0 radical (unpaired) electrons. The number of benzene rings is 2. The van der Waals surface area contributed by atoms with Gasteiger partial charge in [0.15, 0.2) is 11.5 Å². The minimum atomic E-state index is -0.478. The number of carbonyl (C=O) groups is 1. The molecule has 1 amide bonds. The Bertz CT molecular complexity index is 1840. The summed E-state index contributed by atoms with van der Waals surface area (Å²) < 4.78 is 7.73. The number of hydrogen-bond acceptors (Lipinski definition) is 7. The molecule has 0 atom stereocenters. The minimum Gasteiger partial charge on any atom is -0.444 e. The summed E-state index contributed by atoms with van der Waals surface area (Å²) in [7, 11) is 0. The lowest BCUT2D eigenvalue weighted by Gasteiger charge is -2.54. The first kappa shape index (κ1) is 29.0. The Labute approximate surface area is 263 Å². The summed E-state index contributed by atoms with van der Waals surface area (Å²) in [5.74, 6) is 1.13. The fourth-order valence-electron chi connectivity index (χ4n) is 6.73. The van der Waals surface area contributed by atoms with E-state index in [1.807, 2.05) is 68.1 Å². The Morgan fingerprint density at radius 3 is 2.44 bits per heavy atom. The topological polar surface area (TPSA) is 102 Å². The molecule has 2 saturated heterocycles. The van der Waals surface area contributed by atoms with Gasteiger partial charge in [-0.2, -0.15) is 0 Å². The quantitative estimate of drug-likeness (QED) is 0.243. The minimum absolute atomic E-state index is 0.158.